The average Bonchev–Trinajstić information content (AvgIpc) is 4.00. The van der Waals surface area contributed by atoms with E-state index < -0.39 is 5.41 Å². The topological polar surface area (TPSA) is 23.4 Å². The van der Waals surface area contributed by atoms with E-state index in [0.29, 0.717) is 0 Å². The molecule has 0 spiro atoms. The van der Waals surface area contributed by atoms with Crippen LogP contribution in [-0.4, -0.2) is 4.57 Å². The van der Waals surface area contributed by atoms with Crippen LogP contribution in [-0.2, 0) is 5.41 Å². The molecule has 0 saturated heterocycles. The van der Waals surface area contributed by atoms with E-state index in [4.69, 9.17) is 9.47 Å². The molecule has 0 atom stereocenters. The molecule has 3 heteroatoms. The summed E-state index contributed by atoms with van der Waals surface area (Å²) in [7, 11) is 0. The smallest absolute Gasteiger partial charge is 0.127 e. The van der Waals surface area contributed by atoms with Crippen LogP contribution in [0.2, 0.25) is 0 Å². The van der Waals surface area contributed by atoms with Gasteiger partial charge in [0.15, 0.2) is 0 Å². The van der Waals surface area contributed by atoms with E-state index in [2.05, 4.69) is 247 Å². The summed E-state index contributed by atoms with van der Waals surface area (Å²) in [4.78, 5) is 0. The lowest BCUT2D eigenvalue weighted by Gasteiger charge is -2.34. The number of nitrogens with zero attached hydrogens (tertiary/aromatic N) is 1. The SMILES string of the molecule is c1ccc2c(c1)-c1ccccc1C2c1ccc(Oc2ccc(C3(c4ccc(Oc5ccc(-n6c7ccccc7c7ccccc76)cc5)cc4)c4ccccc4-c4ccccc43)cc2)cc1. The monoisotopic (exact) mass is 831 g/mol. The van der Waals surface area contributed by atoms with Gasteiger partial charge in [-0.05, 0) is 134 Å². The molecule has 0 radical (unpaired) electrons. The predicted octanol–water partition coefficient (Wildman–Crippen LogP) is 15.9. The van der Waals surface area contributed by atoms with Gasteiger partial charge in [0.05, 0.1) is 16.4 Å². The third-order valence-corrected chi connectivity index (χ3v) is 13.7. The number of rotatable bonds is 8. The van der Waals surface area contributed by atoms with Gasteiger partial charge >= 0.3 is 0 Å². The first kappa shape index (κ1) is 37.2. The molecule has 0 aliphatic heterocycles. The fourth-order valence-corrected chi connectivity index (χ4v) is 10.9. The molecular formula is C62H41NO2. The molecule has 3 nitrogen and oxygen atoms in total. The van der Waals surface area contributed by atoms with Gasteiger partial charge in [-0.2, -0.15) is 0 Å². The van der Waals surface area contributed by atoms with Gasteiger partial charge in [-0.3, -0.25) is 0 Å². The van der Waals surface area contributed by atoms with Crippen molar-refractivity contribution in [2.45, 2.75) is 11.3 Å². The second-order valence-corrected chi connectivity index (χ2v) is 17.1. The molecule has 0 fully saturated rings. The Bertz CT molecular complexity index is 3440. The second kappa shape index (κ2) is 14.9. The first-order valence-corrected chi connectivity index (χ1v) is 22.4. The summed E-state index contributed by atoms with van der Waals surface area (Å²) in [6.45, 7) is 0. The fraction of sp³-hybridized carbons (Fsp3) is 0.0323. The minimum absolute atomic E-state index is 0.203. The highest BCUT2D eigenvalue weighted by Gasteiger charge is 2.46. The van der Waals surface area contributed by atoms with Gasteiger partial charge in [0.1, 0.15) is 23.0 Å². The molecule has 65 heavy (non-hydrogen) atoms. The number of hydrogen-bond donors (Lipinski definition) is 0. The van der Waals surface area contributed by atoms with Crippen LogP contribution in [0.1, 0.15) is 44.9 Å². The first-order chi connectivity index (χ1) is 32.2. The van der Waals surface area contributed by atoms with Crippen molar-refractivity contribution in [3.8, 4) is 50.9 Å². The Hall–Kier alpha value is -8.40. The molecule has 1 heterocycles. The lowest BCUT2D eigenvalue weighted by atomic mass is 9.68. The van der Waals surface area contributed by atoms with Crippen molar-refractivity contribution in [2.24, 2.45) is 0 Å². The highest BCUT2D eigenvalue weighted by molar-refractivity contribution is 6.09. The van der Waals surface area contributed by atoms with E-state index in [1.54, 1.807) is 0 Å². The number of benzene rings is 10. The minimum Gasteiger partial charge on any atom is -0.457 e. The second-order valence-electron chi connectivity index (χ2n) is 17.1. The van der Waals surface area contributed by atoms with Gasteiger partial charge in [-0.25, -0.2) is 0 Å². The van der Waals surface area contributed by atoms with Crippen LogP contribution >= 0.6 is 0 Å². The van der Waals surface area contributed by atoms with Crippen molar-refractivity contribution in [3.63, 3.8) is 0 Å². The molecule has 2 aliphatic carbocycles. The Morgan fingerprint density at radius 2 is 0.692 bits per heavy atom. The number of aromatic nitrogens is 1. The maximum absolute atomic E-state index is 6.55. The Kier molecular flexibility index (Phi) is 8.50. The largest absolute Gasteiger partial charge is 0.457 e. The molecule has 0 bridgehead atoms. The maximum atomic E-state index is 6.55. The van der Waals surface area contributed by atoms with Gasteiger partial charge in [0, 0.05) is 22.4 Å². The van der Waals surface area contributed by atoms with Crippen LogP contribution in [0, 0.1) is 0 Å². The molecule has 0 unspecified atom stereocenters. The molecule has 306 valence electrons. The zero-order valence-electron chi connectivity index (χ0n) is 35.4. The lowest BCUT2D eigenvalue weighted by molar-refractivity contribution is 0.481. The molecule has 0 N–H and O–H groups in total. The standard InChI is InChI=1S/C62H41NO2/c1-3-19-55-49(13-1)50-14-2-4-20-56(50)61(55)41-25-33-45(34-26-41)64-46-35-27-42(28-36-46)62(57-21-9-5-15-51(57)52-16-6-10-22-58(52)62)43-29-37-47(38-30-43)65-48-39-31-44(32-40-48)63-59-23-11-7-17-53(59)54-18-8-12-24-60(54)63/h1-40,61H. The van der Waals surface area contributed by atoms with Gasteiger partial charge in [0.25, 0.3) is 0 Å². The Morgan fingerprint density at radius 3 is 1.17 bits per heavy atom. The predicted molar refractivity (Wildman–Crippen MR) is 264 cm³/mol. The van der Waals surface area contributed by atoms with E-state index in [-0.39, 0.29) is 5.92 Å². The zero-order chi connectivity index (χ0) is 42.9. The number of para-hydroxylation sites is 2. The Morgan fingerprint density at radius 1 is 0.323 bits per heavy atom. The molecular weight excluding hydrogens is 791 g/mol. The van der Waals surface area contributed by atoms with Crippen LogP contribution in [0.4, 0.5) is 0 Å². The molecule has 0 saturated carbocycles. The highest BCUT2D eigenvalue weighted by atomic mass is 16.5. The summed E-state index contributed by atoms with van der Waals surface area (Å²) in [6.07, 6.45) is 0. The number of hydrogen-bond acceptors (Lipinski definition) is 2. The highest BCUT2D eigenvalue weighted by Crippen LogP contribution is 2.56. The Labute approximate surface area is 378 Å². The van der Waals surface area contributed by atoms with Crippen molar-refractivity contribution >= 4 is 21.8 Å². The normalized spacial score (nSPS) is 13.3. The van der Waals surface area contributed by atoms with E-state index in [9.17, 15) is 0 Å². The lowest BCUT2D eigenvalue weighted by Crippen LogP contribution is -2.28. The summed E-state index contributed by atoms with van der Waals surface area (Å²) in [5.41, 5.74) is 16.9. The van der Waals surface area contributed by atoms with Gasteiger partial charge < -0.3 is 14.0 Å². The van der Waals surface area contributed by atoms with E-state index in [1.165, 1.54) is 83.0 Å². The quantitative estimate of drug-likeness (QED) is 0.152. The summed E-state index contributed by atoms with van der Waals surface area (Å²) in [6, 6.07) is 86.8. The summed E-state index contributed by atoms with van der Waals surface area (Å²) in [5.74, 6) is 3.37. The third kappa shape index (κ3) is 5.82. The van der Waals surface area contributed by atoms with Crippen molar-refractivity contribution in [2.75, 3.05) is 0 Å². The summed E-state index contributed by atoms with van der Waals surface area (Å²) in [5, 5.41) is 2.50. The third-order valence-electron chi connectivity index (χ3n) is 13.7. The van der Waals surface area contributed by atoms with Crippen LogP contribution in [0.5, 0.6) is 23.0 Å². The van der Waals surface area contributed by atoms with Crippen molar-refractivity contribution in [1.29, 1.82) is 0 Å². The van der Waals surface area contributed by atoms with Gasteiger partial charge in [0.2, 0.25) is 0 Å². The molecule has 0 amide bonds. The van der Waals surface area contributed by atoms with Crippen LogP contribution in [0.25, 0.3) is 49.7 Å². The molecule has 2 aliphatic rings. The fourth-order valence-electron chi connectivity index (χ4n) is 10.9. The molecule has 1 aromatic heterocycles. The Balaban J connectivity index is 0.806. The zero-order valence-corrected chi connectivity index (χ0v) is 35.4. The van der Waals surface area contributed by atoms with Crippen molar-refractivity contribution < 1.29 is 9.47 Å². The summed E-state index contributed by atoms with van der Waals surface area (Å²) < 4.78 is 15.4. The number of fused-ring (bicyclic) bond motifs is 9. The minimum atomic E-state index is -0.552. The molecule has 10 aromatic carbocycles. The van der Waals surface area contributed by atoms with Gasteiger partial charge in [-0.1, -0.05) is 170 Å². The summed E-state index contributed by atoms with van der Waals surface area (Å²) >= 11 is 0. The van der Waals surface area contributed by atoms with Crippen molar-refractivity contribution in [3.05, 3.63) is 282 Å². The number of ether oxygens (including phenoxy) is 2. The van der Waals surface area contributed by atoms with Crippen LogP contribution < -0.4 is 9.47 Å². The maximum Gasteiger partial charge on any atom is 0.127 e. The van der Waals surface area contributed by atoms with Crippen LogP contribution in [0.15, 0.2) is 243 Å². The van der Waals surface area contributed by atoms with Crippen molar-refractivity contribution in [1.82, 2.24) is 4.57 Å². The van der Waals surface area contributed by atoms with Crippen LogP contribution in [0.3, 0.4) is 0 Å². The van der Waals surface area contributed by atoms with E-state index in [1.807, 2.05) is 0 Å². The molecule has 13 rings (SSSR count). The first-order valence-electron chi connectivity index (χ1n) is 22.4. The van der Waals surface area contributed by atoms with Gasteiger partial charge in [-0.15, -0.1) is 0 Å². The average molecular weight is 832 g/mol. The van der Waals surface area contributed by atoms with E-state index in [0.717, 1.165) is 28.7 Å². The molecule has 11 aromatic rings. The van der Waals surface area contributed by atoms with E-state index >= 15 is 0 Å².